The molecule has 1 saturated carbocycles. The molecule has 3 fully saturated rings. The molecule has 0 bridgehead atoms. The molecule has 4 heteroatoms. The highest BCUT2D eigenvalue weighted by molar-refractivity contribution is 5.72. The van der Waals surface area contributed by atoms with Gasteiger partial charge in [0.05, 0.1) is 20.3 Å². The molecule has 2 heterocycles. The summed E-state index contributed by atoms with van der Waals surface area (Å²) in [7, 11) is 1.83. The fourth-order valence-corrected chi connectivity index (χ4v) is 8.87. The molecule has 1 aromatic rings. The zero-order chi connectivity index (χ0) is 33.5. The van der Waals surface area contributed by atoms with Gasteiger partial charge in [-0.2, -0.15) is 0 Å². The zero-order valence-corrected chi connectivity index (χ0v) is 30.8. The largest absolute Gasteiger partial charge is 0.496 e. The normalized spacial score (nSPS) is 28.1. The number of methoxy groups -OCH3 is 1. The van der Waals surface area contributed by atoms with Crippen LogP contribution in [0.2, 0.25) is 0 Å². The van der Waals surface area contributed by atoms with Gasteiger partial charge in [0.15, 0.2) is 0 Å². The van der Waals surface area contributed by atoms with Gasteiger partial charge < -0.3 is 19.1 Å². The monoisotopic (exact) mass is 653 g/mol. The van der Waals surface area contributed by atoms with Crippen molar-refractivity contribution in [3.8, 4) is 5.75 Å². The molecule has 5 aliphatic rings. The van der Waals surface area contributed by atoms with Crippen molar-refractivity contribution in [1.29, 1.82) is 0 Å². The highest BCUT2D eigenvalue weighted by atomic mass is 16.5. The summed E-state index contributed by atoms with van der Waals surface area (Å²) < 4.78 is 17.6. The first-order chi connectivity index (χ1) is 23.5. The van der Waals surface area contributed by atoms with Crippen molar-refractivity contribution in [2.75, 3.05) is 40.1 Å². The molecule has 0 aromatic heterocycles. The van der Waals surface area contributed by atoms with Crippen LogP contribution in [0.4, 0.5) is 0 Å². The van der Waals surface area contributed by atoms with Crippen molar-refractivity contribution in [3.63, 3.8) is 0 Å². The maximum Gasteiger partial charge on any atom is 0.122 e. The first kappa shape index (κ1) is 35.3. The lowest BCUT2D eigenvalue weighted by Crippen LogP contribution is -2.43. The molecule has 4 nitrogen and oxygen atoms in total. The van der Waals surface area contributed by atoms with Gasteiger partial charge in [-0.1, -0.05) is 89.7 Å². The Bertz CT molecular complexity index is 1400. The van der Waals surface area contributed by atoms with Crippen LogP contribution in [-0.2, 0) is 15.9 Å². The quantitative estimate of drug-likeness (QED) is 0.200. The lowest BCUT2D eigenvalue weighted by Gasteiger charge is -2.38. The molecular formula is C44H63NO3. The van der Waals surface area contributed by atoms with Crippen molar-refractivity contribution < 1.29 is 14.2 Å². The third-order valence-electron chi connectivity index (χ3n) is 12.2. The van der Waals surface area contributed by atoms with E-state index in [0.717, 1.165) is 88.6 Å². The van der Waals surface area contributed by atoms with Gasteiger partial charge >= 0.3 is 0 Å². The number of rotatable bonds is 14. The van der Waals surface area contributed by atoms with Crippen LogP contribution < -0.4 is 4.74 Å². The second-order valence-corrected chi connectivity index (χ2v) is 15.6. The topological polar surface area (TPSA) is 30.9 Å². The average Bonchev–Trinajstić information content (AvgIpc) is 3.90. The summed E-state index contributed by atoms with van der Waals surface area (Å²) in [6.07, 6.45) is 27.5. The van der Waals surface area contributed by atoms with Crippen LogP contribution in [-0.4, -0.2) is 51.0 Å². The van der Waals surface area contributed by atoms with E-state index < -0.39 is 0 Å². The Morgan fingerprint density at radius 3 is 2.56 bits per heavy atom. The van der Waals surface area contributed by atoms with Crippen molar-refractivity contribution in [1.82, 2.24) is 4.90 Å². The molecule has 6 atom stereocenters. The lowest BCUT2D eigenvalue weighted by atomic mass is 9.84. The summed E-state index contributed by atoms with van der Waals surface area (Å²) in [5, 5.41) is 0. The van der Waals surface area contributed by atoms with Crippen LogP contribution in [0.5, 0.6) is 5.75 Å². The summed E-state index contributed by atoms with van der Waals surface area (Å²) in [6.45, 7) is 13.7. The van der Waals surface area contributed by atoms with Crippen molar-refractivity contribution in [3.05, 3.63) is 82.1 Å². The molecule has 3 aliphatic carbocycles. The Morgan fingerprint density at radius 2 is 1.77 bits per heavy atom. The number of hydrogen-bond donors (Lipinski definition) is 0. The third kappa shape index (κ3) is 8.77. The van der Waals surface area contributed by atoms with Crippen molar-refractivity contribution in [2.24, 2.45) is 29.6 Å². The molecule has 0 radical (unpaired) electrons. The standard InChI is InChI=1S/C44H63NO3/c1-6-9-33(7-2)10-8-11-38-26-40(38)28-41-27-39(17-19-44(41)46-5)35-14-15-36-13-12-34(24-37-20-22-47-29-31(37)3)25-43(42(36)18-16-35)45-21-23-48-30-32(45)4/h12,15-19,25,27,31-33,37-38,40H,6-11,13-14,20-24,26,28-30H2,1-5H3/t31-,32-,33?,37?,38?,40?/m0/s1. The van der Waals surface area contributed by atoms with E-state index in [1.165, 1.54) is 84.1 Å². The van der Waals surface area contributed by atoms with E-state index >= 15 is 0 Å². The first-order valence-corrected chi connectivity index (χ1v) is 19.6. The van der Waals surface area contributed by atoms with E-state index in [2.05, 4.69) is 81.2 Å². The molecular weight excluding hydrogens is 590 g/mol. The van der Waals surface area contributed by atoms with Gasteiger partial charge in [-0.25, -0.2) is 0 Å². The molecule has 0 spiro atoms. The molecule has 1 aromatic carbocycles. The average molecular weight is 654 g/mol. The Balaban J connectivity index is 1.20. The van der Waals surface area contributed by atoms with Gasteiger partial charge in [-0.05, 0) is 121 Å². The maximum absolute atomic E-state index is 5.90. The summed E-state index contributed by atoms with van der Waals surface area (Å²) >= 11 is 0. The predicted molar refractivity (Wildman–Crippen MR) is 200 cm³/mol. The van der Waals surface area contributed by atoms with Crippen LogP contribution in [0.15, 0.2) is 71.0 Å². The highest BCUT2D eigenvalue weighted by Crippen LogP contribution is 2.46. The molecule has 6 rings (SSSR count). The van der Waals surface area contributed by atoms with E-state index in [4.69, 9.17) is 14.2 Å². The van der Waals surface area contributed by atoms with Gasteiger partial charge in [0, 0.05) is 37.1 Å². The molecule has 0 amide bonds. The smallest absolute Gasteiger partial charge is 0.122 e. The lowest BCUT2D eigenvalue weighted by molar-refractivity contribution is 0.0180. The summed E-state index contributed by atoms with van der Waals surface area (Å²) in [6, 6.07) is 7.31. The molecule has 4 unspecified atom stereocenters. The van der Waals surface area contributed by atoms with Gasteiger partial charge in [0.25, 0.3) is 0 Å². The van der Waals surface area contributed by atoms with Gasteiger partial charge in [0.1, 0.15) is 5.75 Å². The number of fused-ring (bicyclic) bond motifs is 1. The molecule has 2 saturated heterocycles. The van der Waals surface area contributed by atoms with Crippen LogP contribution in [0.3, 0.4) is 0 Å². The van der Waals surface area contributed by atoms with E-state index in [9.17, 15) is 0 Å². The number of ether oxygens (including phenoxy) is 3. The van der Waals surface area contributed by atoms with E-state index in [1.54, 1.807) is 0 Å². The van der Waals surface area contributed by atoms with E-state index in [0.29, 0.717) is 17.9 Å². The Labute approximate surface area is 292 Å². The number of allylic oxidation sites excluding steroid dienone is 8. The number of morpholine rings is 1. The Kier molecular flexibility index (Phi) is 12.4. The molecule has 48 heavy (non-hydrogen) atoms. The second-order valence-electron chi connectivity index (χ2n) is 15.6. The Morgan fingerprint density at radius 1 is 0.917 bits per heavy atom. The second kappa shape index (κ2) is 16.9. The van der Waals surface area contributed by atoms with Crippen LogP contribution >= 0.6 is 0 Å². The van der Waals surface area contributed by atoms with Crippen molar-refractivity contribution >= 4 is 5.57 Å². The van der Waals surface area contributed by atoms with E-state index in [1.807, 2.05) is 7.11 Å². The van der Waals surface area contributed by atoms with Gasteiger partial charge in [-0.15, -0.1) is 0 Å². The molecule has 0 N–H and O–H groups in total. The first-order valence-electron chi connectivity index (χ1n) is 19.6. The minimum absolute atomic E-state index is 0.361. The molecule has 262 valence electrons. The number of nitrogens with zero attached hydrogens (tertiary/aromatic N) is 1. The highest BCUT2D eigenvalue weighted by Gasteiger charge is 2.37. The van der Waals surface area contributed by atoms with Crippen LogP contribution in [0.1, 0.15) is 109 Å². The Hall–Kier alpha value is -2.56. The summed E-state index contributed by atoms with van der Waals surface area (Å²) in [5.74, 6) is 5.00. The predicted octanol–water partition coefficient (Wildman–Crippen LogP) is 10.5. The fourth-order valence-electron chi connectivity index (χ4n) is 8.87. The van der Waals surface area contributed by atoms with E-state index in [-0.39, 0.29) is 0 Å². The minimum Gasteiger partial charge on any atom is -0.496 e. The van der Waals surface area contributed by atoms with Gasteiger partial charge in [-0.3, -0.25) is 0 Å². The molecule has 2 aliphatic heterocycles. The van der Waals surface area contributed by atoms with Crippen LogP contribution in [0, 0.1) is 29.6 Å². The number of benzene rings is 1. The summed E-state index contributed by atoms with van der Waals surface area (Å²) in [5.41, 5.74) is 9.85. The fraction of sp³-hybridized carbons (Fsp3) is 0.636. The maximum atomic E-state index is 5.90. The summed E-state index contributed by atoms with van der Waals surface area (Å²) in [4.78, 5) is 2.61. The third-order valence-corrected chi connectivity index (χ3v) is 12.2. The SMILES string of the molecule is CCCC(CC)CCCC1CC1Cc1cc(C2=CC=C3C(=CC2)CC=C(CC2CCOC[C@@H]2C)C=C3N2CCOC[C@@H]2C)ccc1OC. The number of hydrogen-bond acceptors (Lipinski definition) is 4. The zero-order valence-electron chi connectivity index (χ0n) is 30.8. The van der Waals surface area contributed by atoms with Crippen LogP contribution in [0.25, 0.3) is 5.57 Å². The minimum atomic E-state index is 0.361. The van der Waals surface area contributed by atoms with Crippen molar-refractivity contribution in [2.45, 2.75) is 111 Å². The van der Waals surface area contributed by atoms with Gasteiger partial charge in [0.2, 0.25) is 0 Å².